The fourth-order valence-electron chi connectivity index (χ4n) is 3.14. The molecule has 1 heterocycles. The summed E-state index contributed by atoms with van der Waals surface area (Å²) in [4.78, 5) is 27.0. The first-order valence-corrected chi connectivity index (χ1v) is 8.35. The molecule has 0 saturated heterocycles. The van der Waals surface area contributed by atoms with Crippen molar-refractivity contribution >= 4 is 38.9 Å². The van der Waals surface area contributed by atoms with Gasteiger partial charge in [0.1, 0.15) is 17.0 Å². The molecule has 0 aliphatic carbocycles. The van der Waals surface area contributed by atoms with Crippen LogP contribution in [-0.2, 0) is 0 Å². The maximum Gasteiger partial charge on any atom is 0.293 e. The Morgan fingerprint density at radius 3 is 2.54 bits per heavy atom. The third-order valence-electron chi connectivity index (χ3n) is 4.48. The van der Waals surface area contributed by atoms with Gasteiger partial charge in [0, 0.05) is 17.1 Å². The van der Waals surface area contributed by atoms with Gasteiger partial charge in [-0.05, 0) is 48.5 Å². The second-order valence-electron chi connectivity index (χ2n) is 6.18. The number of nitrogens with one attached hydrogen (secondary N) is 2. The molecule has 0 amide bonds. The Hall–Kier alpha value is -4.07. The summed E-state index contributed by atoms with van der Waals surface area (Å²) in [6.45, 7) is 0. The minimum absolute atomic E-state index is 0.0626. The van der Waals surface area contributed by atoms with Crippen LogP contribution >= 0.6 is 0 Å². The number of aromatic hydroxyl groups is 1. The molecule has 0 radical (unpaired) electrons. The number of non-ortho nitro benzene ring substituents is 1. The topological polar surface area (TPSA) is 117 Å². The Balaban J connectivity index is 1.99. The normalized spacial score (nSPS) is 10.9. The molecule has 8 nitrogen and oxygen atoms in total. The number of phenols is 1. The first-order chi connectivity index (χ1) is 13.5. The van der Waals surface area contributed by atoms with Crippen LogP contribution in [0, 0.1) is 10.1 Å². The number of aromatic amines is 1. The number of aromatic nitrogens is 1. The zero-order valence-corrected chi connectivity index (χ0v) is 14.7. The molecule has 0 bridgehead atoms. The van der Waals surface area contributed by atoms with Crippen molar-refractivity contribution in [1.82, 2.24) is 4.98 Å². The van der Waals surface area contributed by atoms with Crippen molar-refractivity contribution in [2.75, 3.05) is 12.4 Å². The van der Waals surface area contributed by atoms with Crippen LogP contribution in [0.1, 0.15) is 0 Å². The van der Waals surface area contributed by atoms with Gasteiger partial charge in [-0.3, -0.25) is 14.9 Å². The van der Waals surface area contributed by atoms with Gasteiger partial charge in [0.15, 0.2) is 5.43 Å². The predicted molar refractivity (Wildman–Crippen MR) is 107 cm³/mol. The molecular weight excluding hydrogens is 362 g/mol. The molecule has 3 aromatic carbocycles. The monoisotopic (exact) mass is 377 g/mol. The average molecular weight is 377 g/mol. The lowest BCUT2D eigenvalue weighted by atomic mass is 10.1. The van der Waals surface area contributed by atoms with Crippen molar-refractivity contribution < 1.29 is 14.8 Å². The highest BCUT2D eigenvalue weighted by Gasteiger charge is 2.19. The minimum Gasteiger partial charge on any atom is -0.508 e. The first-order valence-electron chi connectivity index (χ1n) is 8.35. The molecule has 3 N–H and O–H groups in total. The summed E-state index contributed by atoms with van der Waals surface area (Å²) in [6.07, 6.45) is 0. The fourth-order valence-corrected chi connectivity index (χ4v) is 3.14. The van der Waals surface area contributed by atoms with E-state index in [2.05, 4.69) is 10.3 Å². The minimum atomic E-state index is -0.540. The van der Waals surface area contributed by atoms with E-state index in [1.54, 1.807) is 31.4 Å². The summed E-state index contributed by atoms with van der Waals surface area (Å²) in [7, 11) is 1.56. The zero-order chi connectivity index (χ0) is 19.8. The van der Waals surface area contributed by atoms with Gasteiger partial charge in [-0.2, -0.15) is 0 Å². The van der Waals surface area contributed by atoms with Crippen LogP contribution in [-0.4, -0.2) is 22.1 Å². The molecule has 0 aliphatic heterocycles. The summed E-state index contributed by atoms with van der Waals surface area (Å²) in [5, 5.41) is 24.7. The largest absolute Gasteiger partial charge is 0.508 e. The van der Waals surface area contributed by atoms with Gasteiger partial charge in [0.05, 0.1) is 28.6 Å². The number of fused-ring (bicyclic) bond motifs is 2. The Labute approximate surface area is 158 Å². The van der Waals surface area contributed by atoms with Crippen molar-refractivity contribution in [3.63, 3.8) is 0 Å². The summed E-state index contributed by atoms with van der Waals surface area (Å²) >= 11 is 0. The summed E-state index contributed by atoms with van der Waals surface area (Å²) in [6, 6.07) is 14.2. The van der Waals surface area contributed by atoms with E-state index >= 15 is 0 Å². The van der Waals surface area contributed by atoms with Gasteiger partial charge in [-0.15, -0.1) is 0 Å². The molecule has 0 fully saturated rings. The van der Waals surface area contributed by atoms with E-state index < -0.39 is 10.4 Å². The number of nitro groups is 1. The molecule has 4 aromatic rings. The lowest BCUT2D eigenvalue weighted by molar-refractivity contribution is -0.383. The van der Waals surface area contributed by atoms with Crippen LogP contribution in [0.4, 0.5) is 17.1 Å². The molecule has 140 valence electrons. The number of pyridine rings is 1. The van der Waals surface area contributed by atoms with Crippen LogP contribution in [0.5, 0.6) is 11.5 Å². The summed E-state index contributed by atoms with van der Waals surface area (Å²) < 4.78 is 5.13. The third kappa shape index (κ3) is 2.86. The predicted octanol–water partition coefficient (Wildman–Crippen LogP) is 4.05. The lowest BCUT2D eigenvalue weighted by Crippen LogP contribution is -2.08. The number of H-pyrrole nitrogens is 1. The van der Waals surface area contributed by atoms with E-state index in [4.69, 9.17) is 4.74 Å². The Morgan fingerprint density at radius 2 is 1.86 bits per heavy atom. The molecule has 0 spiro atoms. The van der Waals surface area contributed by atoms with Crippen molar-refractivity contribution in [3.05, 3.63) is 74.9 Å². The molecule has 0 aliphatic rings. The Bertz CT molecular complexity index is 1280. The molecule has 8 heteroatoms. The molecule has 0 saturated carbocycles. The van der Waals surface area contributed by atoms with Gasteiger partial charge in [0.2, 0.25) is 0 Å². The summed E-state index contributed by atoms with van der Waals surface area (Å²) in [5.41, 5.74) is 0.997. The average Bonchev–Trinajstić information content (AvgIpc) is 2.69. The van der Waals surface area contributed by atoms with E-state index in [-0.39, 0.29) is 27.7 Å². The maximum absolute atomic E-state index is 13.1. The number of benzene rings is 3. The Morgan fingerprint density at radius 1 is 1.11 bits per heavy atom. The van der Waals surface area contributed by atoms with Gasteiger partial charge in [-0.1, -0.05) is 0 Å². The number of methoxy groups -OCH3 is 1. The standard InChI is InChI=1S/C20H15N3O5/c1-28-13-5-2-11(3-6-13)21-16-8-9-17(23(26)27)19-18(16)20(25)14-10-12(24)4-7-15(14)22-19/h2-10,21,24H,1H3,(H,22,25). The van der Waals surface area contributed by atoms with E-state index in [9.17, 15) is 20.0 Å². The second-order valence-corrected chi connectivity index (χ2v) is 6.18. The second kappa shape index (κ2) is 6.58. The maximum atomic E-state index is 13.1. The number of phenolic OH excluding ortho intramolecular Hbond substituents is 1. The number of hydrogen-bond donors (Lipinski definition) is 3. The molecule has 28 heavy (non-hydrogen) atoms. The lowest BCUT2D eigenvalue weighted by Gasteiger charge is -2.11. The number of ether oxygens (including phenoxy) is 1. The third-order valence-corrected chi connectivity index (χ3v) is 4.48. The highest BCUT2D eigenvalue weighted by atomic mass is 16.6. The van der Waals surface area contributed by atoms with E-state index in [0.717, 1.165) is 0 Å². The highest BCUT2D eigenvalue weighted by Crippen LogP contribution is 2.32. The van der Waals surface area contributed by atoms with Crippen LogP contribution in [0.25, 0.3) is 21.8 Å². The van der Waals surface area contributed by atoms with Gasteiger partial charge >= 0.3 is 0 Å². The number of nitro benzene ring substituents is 1. The Kier molecular flexibility index (Phi) is 4.08. The molecule has 1 aromatic heterocycles. The number of hydrogen-bond acceptors (Lipinski definition) is 6. The van der Waals surface area contributed by atoms with Crippen molar-refractivity contribution in [2.24, 2.45) is 0 Å². The van der Waals surface area contributed by atoms with Gasteiger partial charge in [0.25, 0.3) is 5.69 Å². The number of rotatable bonds is 4. The SMILES string of the molecule is COc1ccc(Nc2ccc([N+](=O)[O-])c3[nH]c4ccc(O)cc4c(=O)c23)cc1. The van der Waals surface area contributed by atoms with Crippen molar-refractivity contribution in [1.29, 1.82) is 0 Å². The first kappa shape index (κ1) is 17.3. The molecule has 4 rings (SSSR count). The van der Waals surface area contributed by atoms with E-state index in [0.29, 0.717) is 22.6 Å². The highest BCUT2D eigenvalue weighted by molar-refractivity contribution is 6.04. The molecule has 0 atom stereocenters. The van der Waals surface area contributed by atoms with E-state index in [1.165, 1.54) is 30.3 Å². The van der Waals surface area contributed by atoms with E-state index in [1.807, 2.05) is 0 Å². The van der Waals surface area contributed by atoms with Crippen molar-refractivity contribution in [3.8, 4) is 11.5 Å². The van der Waals surface area contributed by atoms with Crippen molar-refractivity contribution in [2.45, 2.75) is 0 Å². The number of nitrogens with zero attached hydrogens (tertiary/aromatic N) is 1. The van der Waals surface area contributed by atoms with Crippen LogP contribution < -0.4 is 15.5 Å². The van der Waals surface area contributed by atoms with Crippen LogP contribution in [0.15, 0.2) is 59.4 Å². The van der Waals surface area contributed by atoms with Gasteiger partial charge in [-0.25, -0.2) is 0 Å². The zero-order valence-electron chi connectivity index (χ0n) is 14.7. The quantitative estimate of drug-likeness (QED) is 0.281. The molecular formula is C20H15N3O5. The molecule has 0 unspecified atom stereocenters. The smallest absolute Gasteiger partial charge is 0.293 e. The fraction of sp³-hybridized carbons (Fsp3) is 0.0500. The number of anilines is 2. The van der Waals surface area contributed by atoms with Gasteiger partial charge < -0.3 is 20.1 Å². The van der Waals surface area contributed by atoms with Crippen LogP contribution in [0.2, 0.25) is 0 Å². The van der Waals surface area contributed by atoms with Crippen LogP contribution in [0.3, 0.4) is 0 Å². The summed E-state index contributed by atoms with van der Waals surface area (Å²) in [5.74, 6) is 0.617.